The van der Waals surface area contributed by atoms with Crippen LogP contribution in [0.15, 0.2) is 60.7 Å². The van der Waals surface area contributed by atoms with E-state index < -0.39 is 38.4 Å². The first kappa shape index (κ1) is 32.2. The monoisotopic (exact) mass is 726 g/mol. The molecule has 0 N–H and O–H groups in total. The second-order valence-electron chi connectivity index (χ2n) is 9.85. The Bertz CT molecular complexity index is 829. The number of hydrogen-bond donors (Lipinski definition) is 0. The van der Waals surface area contributed by atoms with Gasteiger partial charge in [-0.15, -0.1) is 0 Å². The van der Waals surface area contributed by atoms with E-state index in [-0.39, 0.29) is 11.9 Å². The third kappa shape index (κ3) is 10.9. The van der Waals surface area contributed by atoms with E-state index in [2.05, 4.69) is 27.7 Å². The summed E-state index contributed by atoms with van der Waals surface area (Å²) in [5, 5.41) is 0. The van der Waals surface area contributed by atoms with E-state index in [0.29, 0.717) is 11.1 Å². The summed E-state index contributed by atoms with van der Waals surface area (Å²) in [7, 11) is 0. The van der Waals surface area contributed by atoms with E-state index in [1.54, 1.807) is 24.3 Å². The summed E-state index contributed by atoms with van der Waals surface area (Å²) in [5.41, 5.74) is 1.12. The van der Waals surface area contributed by atoms with Gasteiger partial charge in [0.1, 0.15) is 0 Å². The van der Waals surface area contributed by atoms with Crippen molar-refractivity contribution in [2.24, 2.45) is 0 Å². The molecule has 0 aliphatic heterocycles. The van der Waals surface area contributed by atoms with Crippen molar-refractivity contribution in [2.75, 3.05) is 0 Å². The first-order chi connectivity index (χ1) is 17.9. The summed E-state index contributed by atoms with van der Waals surface area (Å²) >= 11 is -8.02. The summed E-state index contributed by atoms with van der Waals surface area (Å²) in [6.45, 7) is 8.65. The SMILES string of the molecule is CCC[CH2][Sn]([CH2]CCC)([O]C(=O)c1ccccc1)[O][Sn]([CH2]CCC)([CH2]CCC)[O]C(=O)c1ccccc1. The van der Waals surface area contributed by atoms with Crippen molar-refractivity contribution in [3.05, 3.63) is 71.8 Å². The number of carbonyl (C=O) groups is 2. The van der Waals surface area contributed by atoms with Gasteiger partial charge in [-0.1, -0.05) is 0 Å². The van der Waals surface area contributed by atoms with Crippen LogP contribution in [0, 0.1) is 0 Å². The molecule has 0 saturated heterocycles. The zero-order valence-electron chi connectivity index (χ0n) is 23.3. The fourth-order valence-corrected chi connectivity index (χ4v) is 45.5. The molecule has 0 heterocycles. The topological polar surface area (TPSA) is 61.8 Å². The molecule has 0 fully saturated rings. The first-order valence-electron chi connectivity index (χ1n) is 14.2. The van der Waals surface area contributed by atoms with Crippen LogP contribution in [-0.4, -0.2) is 50.3 Å². The van der Waals surface area contributed by atoms with Crippen molar-refractivity contribution in [1.82, 2.24) is 0 Å². The predicted molar refractivity (Wildman–Crippen MR) is 155 cm³/mol. The third-order valence-electron chi connectivity index (χ3n) is 6.59. The molecule has 0 aliphatic rings. The quantitative estimate of drug-likeness (QED) is 0.144. The van der Waals surface area contributed by atoms with Gasteiger partial charge in [-0.05, 0) is 0 Å². The predicted octanol–water partition coefficient (Wildman–Crippen LogP) is 8.80. The third-order valence-corrected chi connectivity index (χ3v) is 38.9. The van der Waals surface area contributed by atoms with Crippen molar-refractivity contribution in [3.63, 3.8) is 0 Å². The number of unbranched alkanes of at least 4 members (excludes halogenated alkanes) is 4. The maximum absolute atomic E-state index is 13.4. The molecule has 2 aromatic rings. The molecular formula is C30H46O5Sn2. The fourth-order valence-electron chi connectivity index (χ4n) is 4.43. The number of benzene rings is 2. The number of rotatable bonds is 18. The standard InChI is InChI=1S/2C7H6O2.4C4H9.O.2Sn/c2*8-7(9)6-4-2-1-3-5-6;4*1-3-4-2;;;/h2*1-5H,(H,8,9);4*1,3-4H2,2H3;;;/q;;;;;;;2*+1/p-2. The van der Waals surface area contributed by atoms with Crippen LogP contribution in [0.3, 0.4) is 0 Å². The minimum absolute atomic E-state index is 0.288. The van der Waals surface area contributed by atoms with Crippen molar-refractivity contribution in [2.45, 2.75) is 96.8 Å². The van der Waals surface area contributed by atoms with Gasteiger partial charge in [0.25, 0.3) is 0 Å². The summed E-state index contributed by atoms with van der Waals surface area (Å²) in [5.74, 6) is -0.576. The first-order valence-corrected chi connectivity index (χ1v) is 26.9. The van der Waals surface area contributed by atoms with Crippen LogP contribution in [0.1, 0.15) is 99.8 Å². The van der Waals surface area contributed by atoms with E-state index in [0.717, 1.165) is 69.1 Å². The van der Waals surface area contributed by atoms with Gasteiger partial charge in [0.15, 0.2) is 0 Å². The minimum atomic E-state index is -4.01. The summed E-state index contributed by atoms with van der Waals surface area (Å²) in [4.78, 5) is 26.8. The second-order valence-corrected chi connectivity index (χ2v) is 31.6. The Balaban J connectivity index is 2.51. The molecule has 0 aromatic heterocycles. The summed E-state index contributed by atoms with van der Waals surface area (Å²) in [6.07, 6.45) is 7.85. The van der Waals surface area contributed by atoms with Crippen LogP contribution in [0.4, 0.5) is 0 Å². The van der Waals surface area contributed by atoms with Crippen LogP contribution >= 0.6 is 0 Å². The normalized spacial score (nSPS) is 11.8. The van der Waals surface area contributed by atoms with Crippen LogP contribution in [-0.2, 0) is 7.56 Å². The van der Waals surface area contributed by atoms with E-state index in [4.69, 9.17) is 7.56 Å². The van der Waals surface area contributed by atoms with Gasteiger partial charge in [0.2, 0.25) is 0 Å². The van der Waals surface area contributed by atoms with Gasteiger partial charge in [-0.25, -0.2) is 0 Å². The summed E-state index contributed by atoms with van der Waals surface area (Å²) < 4.78 is 23.7. The molecule has 0 radical (unpaired) electrons. The Morgan fingerprint density at radius 2 is 0.838 bits per heavy atom. The Labute approximate surface area is 234 Å². The Morgan fingerprint density at radius 1 is 0.541 bits per heavy atom. The van der Waals surface area contributed by atoms with E-state index in [1.165, 1.54) is 0 Å². The van der Waals surface area contributed by atoms with Gasteiger partial charge in [-0.2, -0.15) is 0 Å². The molecule has 0 amide bonds. The van der Waals surface area contributed by atoms with Crippen molar-refractivity contribution >= 4 is 50.3 Å². The molecule has 2 aromatic carbocycles. The molecule has 204 valence electrons. The maximum atomic E-state index is 13.4. The molecule has 0 bridgehead atoms. The van der Waals surface area contributed by atoms with Crippen LogP contribution in [0.2, 0.25) is 17.7 Å². The average molecular weight is 724 g/mol. The van der Waals surface area contributed by atoms with Gasteiger partial charge < -0.3 is 0 Å². The zero-order valence-corrected chi connectivity index (χ0v) is 29.0. The molecule has 0 atom stereocenters. The molecule has 37 heavy (non-hydrogen) atoms. The van der Waals surface area contributed by atoms with E-state index in [1.807, 2.05) is 36.4 Å². The molecule has 0 spiro atoms. The van der Waals surface area contributed by atoms with Crippen molar-refractivity contribution in [3.8, 4) is 0 Å². The number of hydrogen-bond acceptors (Lipinski definition) is 5. The molecule has 5 nitrogen and oxygen atoms in total. The van der Waals surface area contributed by atoms with Gasteiger partial charge in [0.05, 0.1) is 0 Å². The van der Waals surface area contributed by atoms with Crippen LogP contribution in [0.25, 0.3) is 0 Å². The van der Waals surface area contributed by atoms with E-state index in [9.17, 15) is 9.59 Å². The Morgan fingerprint density at radius 3 is 1.11 bits per heavy atom. The van der Waals surface area contributed by atoms with Gasteiger partial charge >= 0.3 is 236 Å². The molecule has 0 unspecified atom stereocenters. The average Bonchev–Trinajstić information content (AvgIpc) is 2.93. The number of carbonyl (C=O) groups excluding carboxylic acids is 2. The van der Waals surface area contributed by atoms with Crippen molar-refractivity contribution in [1.29, 1.82) is 0 Å². The second kappa shape index (κ2) is 17.5. The molecule has 0 saturated carbocycles. The van der Waals surface area contributed by atoms with Gasteiger partial charge in [0, 0.05) is 0 Å². The Hall–Kier alpha value is -1.06. The zero-order chi connectivity index (χ0) is 27.0. The Kier molecular flexibility index (Phi) is 15.2. The van der Waals surface area contributed by atoms with Crippen LogP contribution < -0.4 is 0 Å². The molecule has 2 rings (SSSR count). The fraction of sp³-hybridized carbons (Fsp3) is 0.533. The molecule has 7 heteroatoms. The molecule has 0 aliphatic carbocycles. The van der Waals surface area contributed by atoms with Crippen molar-refractivity contribution < 1.29 is 17.1 Å². The van der Waals surface area contributed by atoms with E-state index >= 15 is 0 Å². The van der Waals surface area contributed by atoms with Crippen LogP contribution in [0.5, 0.6) is 0 Å². The summed E-state index contributed by atoms with van der Waals surface area (Å²) in [6, 6.07) is 18.5. The molecular weight excluding hydrogens is 678 g/mol. The van der Waals surface area contributed by atoms with Gasteiger partial charge in [-0.3, -0.25) is 0 Å².